The van der Waals surface area contributed by atoms with E-state index in [1.165, 1.54) is 36.3 Å². The number of nitriles is 1. The summed E-state index contributed by atoms with van der Waals surface area (Å²) < 4.78 is 6.14. The van der Waals surface area contributed by atoms with Gasteiger partial charge in [0.05, 0.1) is 7.11 Å². The number of thiophene rings is 1. The maximum absolute atomic E-state index is 11.3. The third-order valence-electron chi connectivity index (χ3n) is 2.44. The molecule has 0 spiro atoms. The maximum atomic E-state index is 11.3. The highest BCUT2D eigenvalue weighted by molar-refractivity contribution is 7.98. The van der Waals surface area contributed by atoms with E-state index in [2.05, 4.69) is 20.3 Å². The van der Waals surface area contributed by atoms with Gasteiger partial charge in [0.1, 0.15) is 11.6 Å². The lowest BCUT2D eigenvalue weighted by molar-refractivity contribution is -0.135. The molecule has 0 unspecified atom stereocenters. The number of tetrazole rings is 1. The summed E-state index contributed by atoms with van der Waals surface area (Å²) in [5.41, 5.74) is 1.05. The number of esters is 1. The molecular weight excluding hydrogens is 310 g/mol. The number of hydrogen-bond donors (Lipinski definition) is 0. The zero-order valence-corrected chi connectivity index (χ0v) is 12.9. The molecule has 0 bridgehead atoms. The van der Waals surface area contributed by atoms with Gasteiger partial charge in [0.2, 0.25) is 5.16 Å². The van der Waals surface area contributed by atoms with Crippen molar-refractivity contribution in [1.29, 1.82) is 5.26 Å². The number of nitrogens with zero attached hydrogens (tertiary/aromatic N) is 5. The molecule has 0 saturated heterocycles. The number of aryl methyl sites for hydroxylation is 1. The van der Waals surface area contributed by atoms with Crippen molar-refractivity contribution in [3.63, 3.8) is 0 Å². The van der Waals surface area contributed by atoms with Crippen molar-refractivity contribution in [2.24, 2.45) is 7.05 Å². The van der Waals surface area contributed by atoms with Crippen LogP contribution in [-0.2, 0) is 22.3 Å². The smallest absolute Gasteiger partial charge is 0.348 e. The highest BCUT2D eigenvalue weighted by Crippen LogP contribution is 2.24. The van der Waals surface area contributed by atoms with E-state index in [1.807, 2.05) is 17.5 Å². The number of hydrogen-bond acceptors (Lipinski definition) is 8. The molecule has 0 N–H and O–H groups in total. The molecule has 0 aliphatic rings. The fourth-order valence-corrected chi connectivity index (χ4v) is 3.16. The summed E-state index contributed by atoms with van der Waals surface area (Å²) in [7, 11) is 3.03. The van der Waals surface area contributed by atoms with E-state index in [9.17, 15) is 4.79 Å². The SMILES string of the molecule is COC(=O)C(C#N)=Cc1cc(CSc2nnnn2C)cs1. The van der Waals surface area contributed by atoms with Crippen molar-refractivity contribution in [3.8, 4) is 6.07 Å². The zero-order valence-electron chi connectivity index (χ0n) is 11.3. The summed E-state index contributed by atoms with van der Waals surface area (Å²) in [5.74, 6) is 0.0746. The number of aromatic nitrogens is 4. The molecule has 0 aliphatic carbocycles. The van der Waals surface area contributed by atoms with E-state index >= 15 is 0 Å². The lowest BCUT2D eigenvalue weighted by Gasteiger charge is -1.96. The largest absolute Gasteiger partial charge is 0.465 e. The molecule has 0 saturated carbocycles. The van der Waals surface area contributed by atoms with Crippen molar-refractivity contribution >= 4 is 35.1 Å². The van der Waals surface area contributed by atoms with Gasteiger partial charge < -0.3 is 4.74 Å². The average molecular weight is 321 g/mol. The Labute approximate surface area is 129 Å². The van der Waals surface area contributed by atoms with E-state index < -0.39 is 5.97 Å². The van der Waals surface area contributed by atoms with E-state index in [4.69, 9.17) is 5.26 Å². The fraction of sp³-hybridized carbons (Fsp3) is 0.250. The zero-order chi connectivity index (χ0) is 15.2. The van der Waals surface area contributed by atoms with Crippen LogP contribution in [0.4, 0.5) is 0 Å². The summed E-state index contributed by atoms with van der Waals surface area (Å²) in [4.78, 5) is 12.2. The number of methoxy groups -OCH3 is 1. The normalized spacial score (nSPS) is 11.2. The van der Waals surface area contributed by atoms with Crippen LogP contribution in [0.25, 0.3) is 6.08 Å². The van der Waals surface area contributed by atoms with Gasteiger partial charge in [-0.2, -0.15) is 5.26 Å². The van der Waals surface area contributed by atoms with Crippen LogP contribution < -0.4 is 0 Å². The molecule has 2 aromatic heterocycles. The molecule has 0 fully saturated rings. The predicted molar refractivity (Wildman–Crippen MR) is 78.3 cm³/mol. The van der Waals surface area contributed by atoms with E-state index in [1.54, 1.807) is 11.7 Å². The summed E-state index contributed by atoms with van der Waals surface area (Å²) in [6, 6.07) is 3.75. The first kappa shape index (κ1) is 15.2. The van der Waals surface area contributed by atoms with Gasteiger partial charge in [-0.25, -0.2) is 9.48 Å². The van der Waals surface area contributed by atoms with Gasteiger partial charge in [0.15, 0.2) is 0 Å². The number of rotatable bonds is 5. The highest BCUT2D eigenvalue weighted by atomic mass is 32.2. The van der Waals surface area contributed by atoms with Gasteiger partial charge in [-0.3, -0.25) is 0 Å². The summed E-state index contributed by atoms with van der Waals surface area (Å²) in [6.45, 7) is 0. The second kappa shape index (κ2) is 7.01. The van der Waals surface area contributed by atoms with E-state index in [0.717, 1.165) is 15.6 Å². The number of thioether (sulfide) groups is 1. The third-order valence-corrected chi connectivity index (χ3v) is 4.45. The quantitative estimate of drug-likeness (QED) is 0.357. The van der Waals surface area contributed by atoms with Gasteiger partial charge in [0.25, 0.3) is 0 Å². The van der Waals surface area contributed by atoms with Crippen LogP contribution in [0, 0.1) is 11.3 Å². The second-order valence-electron chi connectivity index (χ2n) is 3.89. The van der Waals surface area contributed by atoms with Crippen LogP contribution in [0.2, 0.25) is 0 Å². The Morgan fingerprint density at radius 1 is 1.67 bits per heavy atom. The van der Waals surface area contributed by atoms with Crippen molar-refractivity contribution in [1.82, 2.24) is 20.2 Å². The first-order chi connectivity index (χ1) is 10.1. The Balaban J connectivity index is 2.05. The standard InChI is InChI=1S/C12H11N5O2S2/c1-17-12(14-15-16-17)21-7-8-3-10(20-6-8)4-9(5-13)11(18)19-2/h3-4,6H,7H2,1-2H3. The predicted octanol–water partition coefficient (Wildman–Crippen LogP) is 1.64. The summed E-state index contributed by atoms with van der Waals surface area (Å²) >= 11 is 2.97. The molecule has 9 heteroatoms. The van der Waals surface area contributed by atoms with Gasteiger partial charge in [-0.05, 0) is 33.5 Å². The van der Waals surface area contributed by atoms with Crippen molar-refractivity contribution in [2.75, 3.05) is 7.11 Å². The second-order valence-corrected chi connectivity index (χ2v) is 5.78. The third kappa shape index (κ3) is 3.90. The van der Waals surface area contributed by atoms with Gasteiger partial charge in [-0.1, -0.05) is 11.8 Å². The minimum atomic E-state index is -0.632. The molecule has 108 valence electrons. The molecule has 21 heavy (non-hydrogen) atoms. The average Bonchev–Trinajstić information content (AvgIpc) is 3.10. The van der Waals surface area contributed by atoms with Crippen LogP contribution in [0.5, 0.6) is 0 Å². The number of carbonyl (C=O) groups excluding carboxylic acids is 1. The molecule has 2 rings (SSSR count). The maximum Gasteiger partial charge on any atom is 0.348 e. The molecular formula is C12H11N5O2S2. The Morgan fingerprint density at radius 2 is 2.48 bits per heavy atom. The Hall–Kier alpha value is -2.18. The fourth-order valence-electron chi connectivity index (χ4n) is 1.43. The van der Waals surface area contributed by atoms with E-state index in [-0.39, 0.29) is 5.57 Å². The van der Waals surface area contributed by atoms with Gasteiger partial charge in [-0.15, -0.1) is 16.4 Å². The first-order valence-corrected chi connectivity index (χ1v) is 7.63. The van der Waals surface area contributed by atoms with Crippen molar-refractivity contribution < 1.29 is 9.53 Å². The van der Waals surface area contributed by atoms with Crippen LogP contribution in [0.3, 0.4) is 0 Å². The molecule has 0 atom stereocenters. The molecule has 0 aromatic carbocycles. The topological polar surface area (TPSA) is 93.7 Å². The van der Waals surface area contributed by atoms with Crippen LogP contribution in [0.15, 0.2) is 22.2 Å². The first-order valence-electron chi connectivity index (χ1n) is 5.76. The Bertz CT molecular complexity index is 713. The Kier molecular flexibility index (Phi) is 5.08. The van der Waals surface area contributed by atoms with Gasteiger partial charge in [0, 0.05) is 17.7 Å². The lowest BCUT2D eigenvalue weighted by atomic mass is 10.2. The molecule has 2 aromatic rings. The molecule has 0 aliphatic heterocycles. The lowest BCUT2D eigenvalue weighted by Crippen LogP contribution is -2.02. The van der Waals surface area contributed by atoms with Crippen LogP contribution >= 0.6 is 23.1 Å². The van der Waals surface area contributed by atoms with Crippen LogP contribution in [-0.4, -0.2) is 33.3 Å². The molecule has 0 radical (unpaired) electrons. The highest BCUT2D eigenvalue weighted by Gasteiger charge is 2.10. The van der Waals surface area contributed by atoms with Crippen molar-refractivity contribution in [2.45, 2.75) is 10.9 Å². The number of ether oxygens (including phenoxy) is 1. The van der Waals surface area contributed by atoms with Gasteiger partial charge >= 0.3 is 5.97 Å². The minimum Gasteiger partial charge on any atom is -0.465 e. The Morgan fingerprint density at radius 3 is 3.10 bits per heavy atom. The minimum absolute atomic E-state index is 0.0175. The van der Waals surface area contributed by atoms with Crippen molar-refractivity contribution in [3.05, 3.63) is 27.5 Å². The molecule has 7 nitrogen and oxygen atoms in total. The van der Waals surface area contributed by atoms with E-state index in [0.29, 0.717) is 5.75 Å². The summed E-state index contributed by atoms with van der Waals surface area (Å²) in [6.07, 6.45) is 1.52. The molecule has 2 heterocycles. The number of carbonyl (C=O) groups is 1. The molecule has 0 amide bonds. The van der Waals surface area contributed by atoms with Crippen LogP contribution in [0.1, 0.15) is 10.4 Å². The summed E-state index contributed by atoms with van der Waals surface area (Å²) in [5, 5.41) is 22.8. The monoisotopic (exact) mass is 321 g/mol.